The quantitative estimate of drug-likeness (QED) is 0.282. The Hall–Kier alpha value is -2.93. The van der Waals surface area contributed by atoms with Crippen LogP contribution in [0.15, 0.2) is 54.6 Å². The molecule has 0 bridgehead atoms. The molecule has 32 heavy (non-hydrogen) atoms. The van der Waals surface area contributed by atoms with E-state index in [4.69, 9.17) is 9.94 Å². The summed E-state index contributed by atoms with van der Waals surface area (Å²) in [5.41, 5.74) is 7.63. The SMILES string of the molecule is Cc1[nH]c2ccccc2c1CCN(Cc1ccc(C=CC(=O)NO)cc1)C1CCOCC1. The minimum absolute atomic E-state index is 0.516. The number of aromatic nitrogens is 1. The third-order valence-electron chi connectivity index (χ3n) is 6.29. The van der Waals surface area contributed by atoms with Gasteiger partial charge in [0.1, 0.15) is 0 Å². The smallest absolute Gasteiger partial charge is 0.267 e. The zero-order valence-electron chi connectivity index (χ0n) is 18.5. The van der Waals surface area contributed by atoms with Crippen molar-refractivity contribution < 1.29 is 14.7 Å². The van der Waals surface area contributed by atoms with Crippen LogP contribution < -0.4 is 5.48 Å². The number of nitrogens with zero attached hydrogens (tertiary/aromatic N) is 1. The Bertz CT molecular complexity index is 1070. The van der Waals surface area contributed by atoms with E-state index < -0.39 is 5.91 Å². The third kappa shape index (κ3) is 5.46. The summed E-state index contributed by atoms with van der Waals surface area (Å²) in [4.78, 5) is 17.3. The first-order valence-electron chi connectivity index (χ1n) is 11.2. The lowest BCUT2D eigenvalue weighted by Gasteiger charge is -2.34. The zero-order valence-corrected chi connectivity index (χ0v) is 18.5. The van der Waals surface area contributed by atoms with Gasteiger partial charge in [0.25, 0.3) is 5.91 Å². The van der Waals surface area contributed by atoms with E-state index in [9.17, 15) is 4.79 Å². The molecule has 0 atom stereocenters. The van der Waals surface area contributed by atoms with Gasteiger partial charge in [0.15, 0.2) is 0 Å². The Balaban J connectivity index is 1.47. The van der Waals surface area contributed by atoms with Crippen molar-refractivity contribution in [3.05, 3.63) is 77.0 Å². The molecule has 168 valence electrons. The summed E-state index contributed by atoms with van der Waals surface area (Å²) in [6.45, 7) is 5.68. The molecule has 2 heterocycles. The number of H-pyrrole nitrogens is 1. The highest BCUT2D eigenvalue weighted by molar-refractivity contribution is 5.90. The topological polar surface area (TPSA) is 77.6 Å². The number of amides is 1. The number of nitrogens with one attached hydrogen (secondary N) is 2. The predicted molar refractivity (Wildman–Crippen MR) is 126 cm³/mol. The van der Waals surface area contributed by atoms with Gasteiger partial charge in [-0.3, -0.25) is 14.9 Å². The maximum atomic E-state index is 11.2. The van der Waals surface area contributed by atoms with Crippen molar-refractivity contribution in [2.45, 2.75) is 38.8 Å². The third-order valence-corrected chi connectivity index (χ3v) is 6.29. The van der Waals surface area contributed by atoms with Crippen LogP contribution in [0.2, 0.25) is 0 Å². The van der Waals surface area contributed by atoms with E-state index in [1.807, 2.05) is 12.1 Å². The number of para-hydroxylation sites is 1. The highest BCUT2D eigenvalue weighted by Gasteiger charge is 2.22. The highest BCUT2D eigenvalue weighted by atomic mass is 16.5. The molecule has 4 rings (SSSR count). The van der Waals surface area contributed by atoms with Crippen molar-refractivity contribution in [1.29, 1.82) is 0 Å². The number of rotatable bonds is 8. The van der Waals surface area contributed by atoms with Crippen LogP contribution in [-0.4, -0.2) is 46.8 Å². The van der Waals surface area contributed by atoms with Crippen LogP contribution in [0.5, 0.6) is 0 Å². The van der Waals surface area contributed by atoms with Crippen LogP contribution >= 0.6 is 0 Å². The second-order valence-corrected chi connectivity index (χ2v) is 8.39. The molecule has 1 fully saturated rings. The van der Waals surface area contributed by atoms with Crippen LogP contribution in [0.1, 0.15) is 35.2 Å². The number of aromatic amines is 1. The molecular formula is C26H31N3O3. The summed E-state index contributed by atoms with van der Waals surface area (Å²) >= 11 is 0. The number of hydrogen-bond acceptors (Lipinski definition) is 4. The van der Waals surface area contributed by atoms with E-state index in [1.54, 1.807) is 11.6 Å². The molecule has 0 radical (unpaired) electrons. The number of hydrogen-bond donors (Lipinski definition) is 3. The van der Waals surface area contributed by atoms with Crippen molar-refractivity contribution in [1.82, 2.24) is 15.4 Å². The largest absolute Gasteiger partial charge is 0.381 e. The Kier molecular flexibility index (Phi) is 7.37. The minimum Gasteiger partial charge on any atom is -0.381 e. The molecule has 3 aromatic rings. The second-order valence-electron chi connectivity index (χ2n) is 8.39. The molecular weight excluding hydrogens is 402 g/mol. The van der Waals surface area contributed by atoms with Crippen molar-refractivity contribution >= 4 is 22.9 Å². The average Bonchev–Trinajstić information content (AvgIpc) is 3.16. The lowest BCUT2D eigenvalue weighted by molar-refractivity contribution is -0.124. The fourth-order valence-electron chi connectivity index (χ4n) is 4.53. The maximum absolute atomic E-state index is 11.2. The van der Waals surface area contributed by atoms with Gasteiger partial charge in [-0.05, 0) is 55.0 Å². The number of fused-ring (bicyclic) bond motifs is 1. The first-order valence-corrected chi connectivity index (χ1v) is 11.2. The second kappa shape index (κ2) is 10.6. The van der Waals surface area contributed by atoms with Gasteiger partial charge in [0.2, 0.25) is 0 Å². The van der Waals surface area contributed by atoms with E-state index >= 15 is 0 Å². The predicted octanol–water partition coefficient (Wildman–Crippen LogP) is 4.22. The van der Waals surface area contributed by atoms with Gasteiger partial charge >= 0.3 is 0 Å². The van der Waals surface area contributed by atoms with Crippen molar-refractivity contribution in [3.63, 3.8) is 0 Å². The summed E-state index contributed by atoms with van der Waals surface area (Å²) < 4.78 is 5.61. The number of carbonyl (C=O) groups excluding carboxylic acids is 1. The standard InChI is InChI=1S/C26H31N3O3/c1-19-23(24-4-2-3-5-25(24)27-19)12-15-29(22-13-16-32-17-14-22)18-21-8-6-20(7-9-21)10-11-26(30)28-31/h2-11,22,27,31H,12-18H2,1H3,(H,28,30). The summed E-state index contributed by atoms with van der Waals surface area (Å²) in [5.74, 6) is -0.535. The normalized spacial score (nSPS) is 15.1. The zero-order chi connectivity index (χ0) is 22.3. The van der Waals surface area contributed by atoms with Gasteiger partial charge in [0.05, 0.1) is 0 Å². The molecule has 1 amide bonds. The van der Waals surface area contributed by atoms with Crippen LogP contribution in [0.4, 0.5) is 0 Å². The molecule has 1 aliphatic rings. The molecule has 1 aromatic heterocycles. The van der Waals surface area contributed by atoms with Gasteiger partial charge in [-0.15, -0.1) is 0 Å². The lowest BCUT2D eigenvalue weighted by Crippen LogP contribution is -2.40. The number of ether oxygens (including phenoxy) is 1. The van der Waals surface area contributed by atoms with E-state index in [-0.39, 0.29) is 0 Å². The highest BCUT2D eigenvalue weighted by Crippen LogP contribution is 2.24. The van der Waals surface area contributed by atoms with Gasteiger partial charge < -0.3 is 9.72 Å². The molecule has 3 N–H and O–H groups in total. The Morgan fingerprint density at radius 2 is 1.94 bits per heavy atom. The molecule has 6 heteroatoms. The van der Waals surface area contributed by atoms with Gasteiger partial charge in [0, 0.05) is 55.0 Å². The summed E-state index contributed by atoms with van der Waals surface area (Å²) in [6.07, 6.45) is 6.12. The number of aryl methyl sites for hydroxylation is 1. The van der Waals surface area contributed by atoms with Crippen LogP contribution in [-0.2, 0) is 22.5 Å². The van der Waals surface area contributed by atoms with Crippen LogP contribution in [0.3, 0.4) is 0 Å². The van der Waals surface area contributed by atoms with Gasteiger partial charge in [-0.25, -0.2) is 5.48 Å². The maximum Gasteiger partial charge on any atom is 0.267 e. The van der Waals surface area contributed by atoms with Gasteiger partial charge in [-0.2, -0.15) is 0 Å². The molecule has 1 saturated heterocycles. The summed E-state index contributed by atoms with van der Waals surface area (Å²) in [5, 5.41) is 9.93. The monoisotopic (exact) mass is 433 g/mol. The minimum atomic E-state index is -0.535. The van der Waals surface area contributed by atoms with Crippen LogP contribution in [0.25, 0.3) is 17.0 Å². The molecule has 0 unspecified atom stereocenters. The van der Waals surface area contributed by atoms with Gasteiger partial charge in [-0.1, -0.05) is 42.5 Å². The Morgan fingerprint density at radius 1 is 1.19 bits per heavy atom. The molecule has 0 aliphatic carbocycles. The summed E-state index contributed by atoms with van der Waals surface area (Å²) in [7, 11) is 0. The molecule has 0 spiro atoms. The van der Waals surface area contributed by atoms with Crippen molar-refractivity contribution in [2.24, 2.45) is 0 Å². The average molecular weight is 434 g/mol. The van der Waals surface area contributed by atoms with Crippen molar-refractivity contribution in [2.75, 3.05) is 19.8 Å². The fourth-order valence-corrected chi connectivity index (χ4v) is 4.53. The van der Waals surface area contributed by atoms with Crippen LogP contribution in [0, 0.1) is 6.92 Å². The van der Waals surface area contributed by atoms with Crippen molar-refractivity contribution in [3.8, 4) is 0 Å². The first-order chi connectivity index (χ1) is 15.6. The van der Waals surface area contributed by atoms with E-state index in [0.717, 1.165) is 51.1 Å². The summed E-state index contributed by atoms with van der Waals surface area (Å²) in [6, 6.07) is 17.3. The number of carbonyl (C=O) groups is 1. The molecule has 1 aliphatic heterocycles. The number of benzene rings is 2. The van der Waals surface area contributed by atoms with E-state index in [0.29, 0.717) is 6.04 Å². The lowest BCUT2D eigenvalue weighted by atomic mass is 10.0. The number of hydroxylamine groups is 1. The molecule has 6 nitrogen and oxygen atoms in total. The van der Waals surface area contributed by atoms with E-state index in [2.05, 4.69) is 53.2 Å². The molecule has 0 saturated carbocycles. The molecule has 2 aromatic carbocycles. The first kappa shape index (κ1) is 22.3. The Labute approximate surface area is 188 Å². The Morgan fingerprint density at radius 3 is 2.69 bits per heavy atom. The van der Waals surface area contributed by atoms with E-state index in [1.165, 1.54) is 33.8 Å². The fraction of sp³-hybridized carbons (Fsp3) is 0.346.